The van der Waals surface area contributed by atoms with Gasteiger partial charge in [0.25, 0.3) is 0 Å². The molecule has 2 aliphatic rings. The molecule has 4 rings (SSSR count). The molecule has 3 nitrogen and oxygen atoms in total. The summed E-state index contributed by atoms with van der Waals surface area (Å²) in [4.78, 5) is 12.7. The largest absolute Gasteiger partial charge is 0.493 e. The molecule has 4 atom stereocenters. The molecule has 2 aromatic rings. The highest BCUT2D eigenvalue weighted by atomic mass is 19.4. The summed E-state index contributed by atoms with van der Waals surface area (Å²) in [7, 11) is 0. The molecule has 1 fully saturated rings. The summed E-state index contributed by atoms with van der Waals surface area (Å²) in [6.07, 6.45) is -1.79. The van der Waals surface area contributed by atoms with Gasteiger partial charge in [-0.05, 0) is 67.9 Å². The van der Waals surface area contributed by atoms with Gasteiger partial charge in [-0.25, -0.2) is 0 Å². The number of hydrogen-bond acceptors (Lipinski definition) is 2. The van der Waals surface area contributed by atoms with E-state index in [1.54, 1.807) is 6.07 Å². The third kappa shape index (κ3) is 4.18. The Morgan fingerprint density at radius 3 is 2.57 bits per heavy atom. The third-order valence-electron chi connectivity index (χ3n) is 6.66. The monoisotopic (exact) mass is 417 g/mol. The topological polar surface area (TPSA) is 38.3 Å². The number of carbonyl (C=O) groups excluding carboxylic acids is 1. The van der Waals surface area contributed by atoms with Crippen molar-refractivity contribution in [2.45, 2.75) is 45.2 Å². The first-order valence-corrected chi connectivity index (χ1v) is 10.4. The molecule has 0 spiro atoms. The maximum absolute atomic E-state index is 13.0. The number of amides is 1. The summed E-state index contributed by atoms with van der Waals surface area (Å²) < 4.78 is 44.7. The van der Waals surface area contributed by atoms with Crippen molar-refractivity contribution in [3.05, 3.63) is 59.2 Å². The first kappa shape index (κ1) is 20.8. The minimum Gasteiger partial charge on any atom is -0.493 e. The number of fused-ring (bicyclic) bond motifs is 3. The Morgan fingerprint density at radius 1 is 1.13 bits per heavy atom. The Morgan fingerprint density at radius 2 is 1.87 bits per heavy atom. The van der Waals surface area contributed by atoms with Gasteiger partial charge in [0.05, 0.1) is 12.2 Å². The molecule has 1 unspecified atom stereocenters. The van der Waals surface area contributed by atoms with Crippen molar-refractivity contribution in [2.75, 3.05) is 11.9 Å². The molecule has 160 valence electrons. The SMILES string of the molecule is Cc1ccc(NC(=O)[C@@H](C)[C@H]2CC[C@@H]3c4ccc(C(F)(F)F)cc4OCC3C2)cc1. The maximum Gasteiger partial charge on any atom is 0.416 e. The lowest BCUT2D eigenvalue weighted by Gasteiger charge is -2.41. The van der Waals surface area contributed by atoms with Crippen LogP contribution in [0.2, 0.25) is 0 Å². The van der Waals surface area contributed by atoms with Gasteiger partial charge >= 0.3 is 6.18 Å². The van der Waals surface area contributed by atoms with Crippen LogP contribution >= 0.6 is 0 Å². The minimum absolute atomic E-state index is 0.00856. The van der Waals surface area contributed by atoms with E-state index in [0.29, 0.717) is 12.4 Å². The van der Waals surface area contributed by atoms with Crippen molar-refractivity contribution >= 4 is 11.6 Å². The van der Waals surface area contributed by atoms with Gasteiger partial charge in [-0.2, -0.15) is 13.2 Å². The van der Waals surface area contributed by atoms with Crippen LogP contribution in [0.1, 0.15) is 48.8 Å². The molecule has 2 aromatic carbocycles. The highest BCUT2D eigenvalue weighted by Gasteiger charge is 2.40. The molecule has 0 bridgehead atoms. The zero-order valence-electron chi connectivity index (χ0n) is 17.1. The fourth-order valence-corrected chi connectivity index (χ4v) is 4.79. The van der Waals surface area contributed by atoms with Crippen LogP contribution in [0.15, 0.2) is 42.5 Å². The maximum atomic E-state index is 13.0. The zero-order valence-corrected chi connectivity index (χ0v) is 17.1. The second-order valence-corrected chi connectivity index (χ2v) is 8.65. The number of aryl methyl sites for hydroxylation is 1. The highest BCUT2D eigenvalue weighted by molar-refractivity contribution is 5.92. The van der Waals surface area contributed by atoms with Gasteiger partial charge in [0.2, 0.25) is 5.91 Å². The van der Waals surface area contributed by atoms with E-state index in [0.717, 1.165) is 48.2 Å². The van der Waals surface area contributed by atoms with E-state index in [4.69, 9.17) is 4.74 Å². The quantitative estimate of drug-likeness (QED) is 0.648. The first-order valence-electron chi connectivity index (χ1n) is 10.4. The molecule has 0 aromatic heterocycles. The van der Waals surface area contributed by atoms with E-state index in [1.807, 2.05) is 38.1 Å². The molecule has 1 aliphatic carbocycles. The summed E-state index contributed by atoms with van der Waals surface area (Å²) in [5.41, 5.74) is 2.13. The van der Waals surface area contributed by atoms with Crippen LogP contribution < -0.4 is 10.1 Å². The van der Waals surface area contributed by atoms with Crippen molar-refractivity contribution in [2.24, 2.45) is 17.8 Å². The molecule has 6 heteroatoms. The van der Waals surface area contributed by atoms with Crippen LogP contribution in [0, 0.1) is 24.7 Å². The van der Waals surface area contributed by atoms with E-state index in [1.165, 1.54) is 0 Å². The number of halogens is 3. The van der Waals surface area contributed by atoms with Gasteiger partial charge in [-0.1, -0.05) is 30.7 Å². The number of rotatable bonds is 3. The molecule has 0 radical (unpaired) electrons. The average molecular weight is 417 g/mol. The standard InChI is InChI=1S/C24H26F3NO2/c1-14-3-7-19(8-4-14)28-23(29)15(2)16-5-9-20-17(11-16)13-30-22-12-18(24(25,26)27)6-10-21(20)22/h3-4,6-8,10,12,15-17,20H,5,9,11,13H2,1-2H3,(H,28,29)/t15-,16-,17?,20-/m0/s1. The van der Waals surface area contributed by atoms with Gasteiger partial charge in [0.1, 0.15) is 5.75 Å². The first-order chi connectivity index (χ1) is 14.2. The van der Waals surface area contributed by atoms with Gasteiger partial charge in [0, 0.05) is 17.5 Å². The molecule has 30 heavy (non-hydrogen) atoms. The van der Waals surface area contributed by atoms with Gasteiger partial charge in [-0.15, -0.1) is 0 Å². The Bertz CT molecular complexity index is 923. The number of alkyl halides is 3. The third-order valence-corrected chi connectivity index (χ3v) is 6.66. The highest BCUT2D eigenvalue weighted by Crippen LogP contribution is 2.49. The zero-order chi connectivity index (χ0) is 21.5. The minimum atomic E-state index is -4.37. The lowest BCUT2D eigenvalue weighted by molar-refractivity contribution is -0.137. The number of anilines is 1. The Labute approximate surface area is 174 Å². The van der Waals surface area contributed by atoms with Gasteiger partial charge < -0.3 is 10.1 Å². The molecule has 1 heterocycles. The fourth-order valence-electron chi connectivity index (χ4n) is 4.79. The second kappa shape index (κ2) is 7.97. The van der Waals surface area contributed by atoms with E-state index >= 15 is 0 Å². The van der Waals surface area contributed by atoms with Gasteiger partial charge in [0.15, 0.2) is 0 Å². The molecule has 1 amide bonds. The van der Waals surface area contributed by atoms with Crippen LogP contribution in [-0.2, 0) is 11.0 Å². The van der Waals surface area contributed by atoms with Crippen LogP contribution in [0.4, 0.5) is 18.9 Å². The van der Waals surface area contributed by atoms with E-state index in [9.17, 15) is 18.0 Å². The predicted molar refractivity (Wildman–Crippen MR) is 109 cm³/mol. The second-order valence-electron chi connectivity index (χ2n) is 8.65. The average Bonchev–Trinajstić information content (AvgIpc) is 2.73. The fraction of sp³-hybridized carbons (Fsp3) is 0.458. The molecular weight excluding hydrogens is 391 g/mol. The number of hydrogen-bond donors (Lipinski definition) is 1. The lowest BCUT2D eigenvalue weighted by Crippen LogP contribution is -2.37. The molecule has 1 N–H and O–H groups in total. The number of carbonyl (C=O) groups is 1. The van der Waals surface area contributed by atoms with Crippen molar-refractivity contribution < 1.29 is 22.7 Å². The lowest BCUT2D eigenvalue weighted by atomic mass is 9.67. The summed E-state index contributed by atoms with van der Waals surface area (Å²) in [5.74, 6) is 0.878. The molecular formula is C24H26F3NO2. The van der Waals surface area contributed by atoms with Crippen molar-refractivity contribution in [3.63, 3.8) is 0 Å². The van der Waals surface area contributed by atoms with E-state index in [2.05, 4.69) is 5.32 Å². The van der Waals surface area contributed by atoms with Crippen LogP contribution in [0.5, 0.6) is 5.75 Å². The summed E-state index contributed by atoms with van der Waals surface area (Å²) in [6, 6.07) is 11.6. The predicted octanol–water partition coefficient (Wildman–Crippen LogP) is 6.18. The van der Waals surface area contributed by atoms with E-state index < -0.39 is 11.7 Å². The van der Waals surface area contributed by atoms with Crippen molar-refractivity contribution in [3.8, 4) is 5.75 Å². The van der Waals surface area contributed by atoms with E-state index in [-0.39, 0.29) is 29.6 Å². The van der Waals surface area contributed by atoms with Crippen molar-refractivity contribution in [1.29, 1.82) is 0 Å². The normalized spacial score (nSPS) is 24.2. The smallest absolute Gasteiger partial charge is 0.416 e. The van der Waals surface area contributed by atoms with Crippen LogP contribution in [0.3, 0.4) is 0 Å². The van der Waals surface area contributed by atoms with Gasteiger partial charge in [-0.3, -0.25) is 4.79 Å². The Balaban J connectivity index is 1.42. The molecule has 1 saturated carbocycles. The van der Waals surface area contributed by atoms with Crippen LogP contribution in [0.25, 0.3) is 0 Å². The number of ether oxygens (including phenoxy) is 1. The Kier molecular flexibility index (Phi) is 5.51. The van der Waals surface area contributed by atoms with Crippen LogP contribution in [-0.4, -0.2) is 12.5 Å². The number of nitrogens with one attached hydrogen (secondary N) is 1. The summed E-state index contributed by atoms with van der Waals surface area (Å²) in [6.45, 7) is 4.37. The summed E-state index contributed by atoms with van der Waals surface area (Å²) >= 11 is 0. The Hall–Kier alpha value is -2.50. The molecule has 1 aliphatic heterocycles. The summed E-state index contributed by atoms with van der Waals surface area (Å²) in [5, 5.41) is 3.00. The van der Waals surface area contributed by atoms with Crippen molar-refractivity contribution in [1.82, 2.24) is 0 Å². The number of benzene rings is 2. The molecule has 0 saturated heterocycles.